The van der Waals surface area contributed by atoms with Crippen LogP contribution in [0.4, 0.5) is 5.82 Å². The molecule has 0 aliphatic heterocycles. The SMILES string of the molecule is C=CCNC(=O)c1c(N)n(/N=C/c2c[nH]c3ccccc23)c2nc3ccccc3nc12. The molecule has 0 atom stereocenters. The van der Waals surface area contributed by atoms with Crippen molar-refractivity contribution in [3.05, 3.63) is 78.5 Å². The van der Waals surface area contributed by atoms with E-state index in [2.05, 4.69) is 31.9 Å². The van der Waals surface area contributed by atoms with Crippen LogP contribution in [0.15, 0.2) is 72.5 Å². The van der Waals surface area contributed by atoms with Crippen molar-refractivity contribution in [1.29, 1.82) is 0 Å². The van der Waals surface area contributed by atoms with E-state index in [1.165, 1.54) is 4.68 Å². The lowest BCUT2D eigenvalue weighted by molar-refractivity contribution is 0.0960. The van der Waals surface area contributed by atoms with E-state index in [0.717, 1.165) is 16.5 Å². The number of para-hydroxylation sites is 3. The standard InChI is InChI=1S/C23H19N7O/c1-2-11-25-23(31)19-20-22(29-18-10-6-5-9-17(18)28-20)30(21(19)24)27-13-14-12-26-16-8-4-3-7-15(14)16/h2-10,12-13,26H,1,11,24H2,(H,25,31)/b27-13+. The van der Waals surface area contributed by atoms with Crippen LogP contribution in [-0.2, 0) is 0 Å². The zero-order chi connectivity index (χ0) is 21.4. The van der Waals surface area contributed by atoms with Gasteiger partial charge in [0.1, 0.15) is 16.9 Å². The molecule has 0 saturated heterocycles. The Kier molecular flexibility index (Phi) is 4.44. The number of fused-ring (bicyclic) bond motifs is 3. The van der Waals surface area contributed by atoms with Gasteiger partial charge in [-0.15, -0.1) is 6.58 Å². The van der Waals surface area contributed by atoms with Crippen molar-refractivity contribution < 1.29 is 4.79 Å². The Labute approximate surface area is 177 Å². The molecule has 0 saturated carbocycles. The van der Waals surface area contributed by atoms with Crippen LogP contribution >= 0.6 is 0 Å². The largest absolute Gasteiger partial charge is 0.383 e. The first-order chi connectivity index (χ1) is 15.2. The lowest BCUT2D eigenvalue weighted by Gasteiger charge is -2.02. The highest BCUT2D eigenvalue weighted by atomic mass is 16.1. The first-order valence-corrected chi connectivity index (χ1v) is 9.73. The summed E-state index contributed by atoms with van der Waals surface area (Å²) >= 11 is 0. The molecule has 5 aromatic rings. The number of aromatic amines is 1. The van der Waals surface area contributed by atoms with Crippen LogP contribution in [0.3, 0.4) is 0 Å². The Hall–Kier alpha value is -4.46. The van der Waals surface area contributed by atoms with Gasteiger partial charge in [-0.1, -0.05) is 36.4 Å². The van der Waals surface area contributed by atoms with Crippen LogP contribution in [0.5, 0.6) is 0 Å². The zero-order valence-electron chi connectivity index (χ0n) is 16.5. The molecule has 8 nitrogen and oxygen atoms in total. The Morgan fingerprint density at radius 2 is 1.90 bits per heavy atom. The molecule has 4 N–H and O–H groups in total. The molecule has 8 heteroatoms. The van der Waals surface area contributed by atoms with Gasteiger partial charge in [-0.2, -0.15) is 9.78 Å². The Morgan fingerprint density at radius 3 is 2.71 bits per heavy atom. The van der Waals surface area contributed by atoms with Gasteiger partial charge in [-0.3, -0.25) is 4.79 Å². The van der Waals surface area contributed by atoms with Gasteiger partial charge in [-0.25, -0.2) is 9.97 Å². The summed E-state index contributed by atoms with van der Waals surface area (Å²) in [5.41, 5.74) is 10.7. The predicted molar refractivity (Wildman–Crippen MR) is 123 cm³/mol. The van der Waals surface area contributed by atoms with Gasteiger partial charge in [0.25, 0.3) is 5.91 Å². The second-order valence-corrected chi connectivity index (χ2v) is 6.99. The van der Waals surface area contributed by atoms with E-state index in [1.807, 2.05) is 54.7 Å². The van der Waals surface area contributed by atoms with E-state index < -0.39 is 0 Å². The van der Waals surface area contributed by atoms with Gasteiger partial charge >= 0.3 is 0 Å². The van der Waals surface area contributed by atoms with E-state index >= 15 is 0 Å². The predicted octanol–water partition coefficient (Wildman–Crippen LogP) is 3.45. The number of carbonyl (C=O) groups excluding carboxylic acids is 1. The van der Waals surface area contributed by atoms with Gasteiger partial charge in [0.05, 0.1) is 17.2 Å². The summed E-state index contributed by atoms with van der Waals surface area (Å²) < 4.78 is 1.46. The van der Waals surface area contributed by atoms with Crippen molar-refractivity contribution >= 4 is 51.0 Å². The van der Waals surface area contributed by atoms with E-state index in [9.17, 15) is 4.79 Å². The van der Waals surface area contributed by atoms with Gasteiger partial charge in [0.2, 0.25) is 0 Å². The minimum Gasteiger partial charge on any atom is -0.383 e. The zero-order valence-corrected chi connectivity index (χ0v) is 16.5. The van der Waals surface area contributed by atoms with Crippen molar-refractivity contribution in [2.75, 3.05) is 12.3 Å². The number of benzene rings is 2. The number of nitrogens with one attached hydrogen (secondary N) is 2. The fraction of sp³-hybridized carbons (Fsp3) is 0.0435. The summed E-state index contributed by atoms with van der Waals surface area (Å²) in [5.74, 6) is -0.184. The quantitative estimate of drug-likeness (QED) is 0.305. The van der Waals surface area contributed by atoms with Crippen molar-refractivity contribution in [3.8, 4) is 0 Å². The second kappa shape index (κ2) is 7.42. The highest BCUT2D eigenvalue weighted by Crippen LogP contribution is 2.28. The lowest BCUT2D eigenvalue weighted by Crippen LogP contribution is -2.24. The number of nitrogens with zero attached hydrogens (tertiary/aromatic N) is 4. The molecule has 152 valence electrons. The summed E-state index contributed by atoms with van der Waals surface area (Å²) in [6.07, 6.45) is 5.16. The summed E-state index contributed by atoms with van der Waals surface area (Å²) in [7, 11) is 0. The van der Waals surface area contributed by atoms with Crippen LogP contribution in [0.2, 0.25) is 0 Å². The normalized spacial score (nSPS) is 11.6. The molecule has 0 aliphatic rings. The van der Waals surface area contributed by atoms with Crippen molar-refractivity contribution in [3.63, 3.8) is 0 Å². The van der Waals surface area contributed by atoms with Crippen LogP contribution in [-0.4, -0.2) is 38.3 Å². The summed E-state index contributed by atoms with van der Waals surface area (Å²) in [5, 5.41) is 8.35. The van der Waals surface area contributed by atoms with Gasteiger partial charge in [-0.05, 0) is 18.2 Å². The molecule has 1 amide bonds. The third kappa shape index (κ3) is 3.10. The number of rotatable bonds is 5. The third-order valence-corrected chi connectivity index (χ3v) is 5.04. The number of carbonyl (C=O) groups is 1. The molecular formula is C23H19N7O. The molecule has 0 fully saturated rings. The Bertz CT molecular complexity index is 1490. The number of hydrogen-bond acceptors (Lipinski definition) is 5. The molecule has 5 rings (SSSR count). The molecule has 3 heterocycles. The highest BCUT2D eigenvalue weighted by Gasteiger charge is 2.23. The smallest absolute Gasteiger partial charge is 0.257 e. The van der Waals surface area contributed by atoms with Crippen LogP contribution in [0.1, 0.15) is 15.9 Å². The van der Waals surface area contributed by atoms with Crippen LogP contribution < -0.4 is 11.1 Å². The number of anilines is 1. The van der Waals surface area contributed by atoms with E-state index in [-0.39, 0.29) is 17.3 Å². The fourth-order valence-electron chi connectivity index (χ4n) is 3.56. The van der Waals surface area contributed by atoms with Crippen LogP contribution in [0.25, 0.3) is 33.1 Å². The number of aromatic nitrogens is 4. The van der Waals surface area contributed by atoms with Gasteiger partial charge < -0.3 is 16.0 Å². The van der Waals surface area contributed by atoms with E-state index in [4.69, 9.17) is 5.73 Å². The average molecular weight is 409 g/mol. The summed E-state index contributed by atoms with van der Waals surface area (Å²) in [4.78, 5) is 25.4. The molecular weight excluding hydrogens is 390 g/mol. The third-order valence-electron chi connectivity index (χ3n) is 5.04. The fourth-order valence-corrected chi connectivity index (χ4v) is 3.56. The number of H-pyrrole nitrogens is 1. The summed E-state index contributed by atoms with van der Waals surface area (Å²) in [6, 6.07) is 15.4. The van der Waals surface area contributed by atoms with Gasteiger partial charge in [0, 0.05) is 29.2 Å². The molecule has 2 aromatic carbocycles. The van der Waals surface area contributed by atoms with E-state index in [0.29, 0.717) is 28.7 Å². The first kappa shape index (κ1) is 18.6. The van der Waals surface area contributed by atoms with Crippen molar-refractivity contribution in [2.45, 2.75) is 0 Å². The molecule has 0 spiro atoms. The molecule has 31 heavy (non-hydrogen) atoms. The Balaban J connectivity index is 1.71. The van der Waals surface area contributed by atoms with E-state index in [1.54, 1.807) is 12.3 Å². The minimum absolute atomic E-state index is 0.169. The maximum absolute atomic E-state index is 12.8. The lowest BCUT2D eigenvalue weighted by atomic mass is 10.2. The number of amides is 1. The molecule has 0 radical (unpaired) electrons. The number of nitrogens with two attached hydrogens (primary N) is 1. The topological polar surface area (TPSA) is 114 Å². The number of hydrogen-bond donors (Lipinski definition) is 3. The second-order valence-electron chi connectivity index (χ2n) is 6.99. The molecule has 0 aliphatic carbocycles. The molecule has 0 bridgehead atoms. The van der Waals surface area contributed by atoms with Crippen molar-refractivity contribution in [2.24, 2.45) is 5.10 Å². The average Bonchev–Trinajstić information content (AvgIpc) is 3.32. The van der Waals surface area contributed by atoms with Gasteiger partial charge in [0.15, 0.2) is 5.65 Å². The summed E-state index contributed by atoms with van der Waals surface area (Å²) in [6.45, 7) is 3.94. The van der Waals surface area contributed by atoms with Crippen molar-refractivity contribution in [1.82, 2.24) is 24.9 Å². The van der Waals surface area contributed by atoms with Crippen LogP contribution in [0, 0.1) is 0 Å². The molecule has 0 unspecified atom stereocenters. The first-order valence-electron chi connectivity index (χ1n) is 9.73. The Morgan fingerprint density at radius 1 is 1.16 bits per heavy atom. The highest BCUT2D eigenvalue weighted by molar-refractivity contribution is 6.11. The monoisotopic (exact) mass is 409 g/mol. The number of nitrogen functional groups attached to an aromatic ring is 1. The maximum atomic E-state index is 12.8. The minimum atomic E-state index is -0.354. The maximum Gasteiger partial charge on any atom is 0.257 e. The molecule has 3 aromatic heterocycles.